The van der Waals surface area contributed by atoms with Crippen LogP contribution in [0, 0.1) is 20.8 Å². The summed E-state index contributed by atoms with van der Waals surface area (Å²) in [6, 6.07) is 2.45. The summed E-state index contributed by atoms with van der Waals surface area (Å²) < 4.78 is 2.05. The minimum Gasteiger partial charge on any atom is -0.299 e. The number of anilines is 1. The standard InChI is InChI=1S/C13H18N6OS/c1-8-4-9(2)19(17-8)11-5-18(6-11)7-12(20)14-13-16-15-10(3)21-13/h4,11H,5-7H2,1-3H3,(H,14,16,20). The second-order valence-electron chi connectivity index (χ2n) is 5.39. The largest absolute Gasteiger partial charge is 0.299 e. The van der Waals surface area contributed by atoms with E-state index in [0.29, 0.717) is 17.7 Å². The van der Waals surface area contributed by atoms with E-state index in [2.05, 4.69) is 43.2 Å². The zero-order valence-corrected chi connectivity index (χ0v) is 13.1. The van der Waals surface area contributed by atoms with Gasteiger partial charge in [0, 0.05) is 18.8 Å². The van der Waals surface area contributed by atoms with Gasteiger partial charge in [-0.25, -0.2) is 0 Å². The van der Waals surface area contributed by atoms with Crippen LogP contribution in [-0.4, -0.2) is 50.4 Å². The highest BCUT2D eigenvalue weighted by Gasteiger charge is 2.31. The Bertz CT molecular complexity index is 657. The van der Waals surface area contributed by atoms with Crippen molar-refractivity contribution in [2.45, 2.75) is 26.8 Å². The molecule has 0 aromatic carbocycles. The monoisotopic (exact) mass is 306 g/mol. The molecule has 0 aliphatic carbocycles. The lowest BCUT2D eigenvalue weighted by molar-refractivity contribution is -0.118. The van der Waals surface area contributed by atoms with E-state index in [4.69, 9.17) is 0 Å². The number of rotatable bonds is 4. The first-order valence-corrected chi connectivity index (χ1v) is 7.68. The molecule has 3 rings (SSSR count). The molecule has 0 bridgehead atoms. The average Bonchev–Trinajstić information content (AvgIpc) is 2.89. The Kier molecular flexibility index (Phi) is 3.73. The smallest absolute Gasteiger partial charge is 0.240 e. The molecule has 0 spiro atoms. The number of nitrogens with one attached hydrogen (secondary N) is 1. The molecule has 7 nitrogen and oxygen atoms in total. The molecule has 2 aromatic rings. The van der Waals surface area contributed by atoms with Gasteiger partial charge in [-0.1, -0.05) is 11.3 Å². The lowest BCUT2D eigenvalue weighted by atomic mass is 10.1. The Morgan fingerprint density at radius 2 is 2.14 bits per heavy atom. The minimum atomic E-state index is -0.0435. The van der Waals surface area contributed by atoms with E-state index in [0.717, 1.165) is 23.8 Å². The van der Waals surface area contributed by atoms with Gasteiger partial charge in [0.05, 0.1) is 18.3 Å². The lowest BCUT2D eigenvalue weighted by Crippen LogP contribution is -2.51. The quantitative estimate of drug-likeness (QED) is 0.917. The first kappa shape index (κ1) is 14.2. The SMILES string of the molecule is Cc1cc(C)n(C2CN(CC(=O)Nc3nnc(C)s3)C2)n1. The lowest BCUT2D eigenvalue weighted by Gasteiger charge is -2.39. The maximum atomic E-state index is 11.9. The van der Waals surface area contributed by atoms with Crippen LogP contribution in [-0.2, 0) is 4.79 Å². The van der Waals surface area contributed by atoms with Crippen LogP contribution in [0.2, 0.25) is 0 Å². The van der Waals surface area contributed by atoms with Crippen molar-refractivity contribution in [3.05, 3.63) is 22.5 Å². The molecule has 0 radical (unpaired) electrons. The van der Waals surface area contributed by atoms with Gasteiger partial charge in [0.15, 0.2) is 0 Å². The summed E-state index contributed by atoms with van der Waals surface area (Å²) in [6.45, 7) is 8.01. The number of aryl methyl sites for hydroxylation is 3. The number of nitrogens with zero attached hydrogens (tertiary/aromatic N) is 5. The Morgan fingerprint density at radius 1 is 1.38 bits per heavy atom. The minimum absolute atomic E-state index is 0.0435. The third-order valence-electron chi connectivity index (χ3n) is 3.47. The predicted molar refractivity (Wildman–Crippen MR) is 80.5 cm³/mol. The van der Waals surface area contributed by atoms with Crippen molar-refractivity contribution in [2.24, 2.45) is 0 Å². The van der Waals surface area contributed by atoms with Crippen molar-refractivity contribution >= 4 is 22.4 Å². The summed E-state index contributed by atoms with van der Waals surface area (Å²) in [6.07, 6.45) is 0. The molecule has 0 saturated carbocycles. The Balaban J connectivity index is 1.48. The average molecular weight is 306 g/mol. The second-order valence-corrected chi connectivity index (χ2v) is 6.58. The fourth-order valence-corrected chi connectivity index (χ4v) is 3.16. The number of aromatic nitrogens is 4. The van der Waals surface area contributed by atoms with E-state index in [-0.39, 0.29) is 5.91 Å². The van der Waals surface area contributed by atoms with E-state index in [1.54, 1.807) is 0 Å². The van der Waals surface area contributed by atoms with Gasteiger partial charge in [-0.3, -0.25) is 19.7 Å². The number of carbonyl (C=O) groups is 1. The maximum absolute atomic E-state index is 11.9. The molecule has 21 heavy (non-hydrogen) atoms. The molecule has 1 amide bonds. The first-order chi connectivity index (χ1) is 10.0. The highest BCUT2D eigenvalue weighted by Crippen LogP contribution is 2.22. The summed E-state index contributed by atoms with van der Waals surface area (Å²) in [7, 11) is 0. The van der Waals surface area contributed by atoms with E-state index < -0.39 is 0 Å². The van der Waals surface area contributed by atoms with Crippen molar-refractivity contribution in [1.82, 2.24) is 24.9 Å². The van der Waals surface area contributed by atoms with Crippen LogP contribution in [0.25, 0.3) is 0 Å². The molecule has 112 valence electrons. The van der Waals surface area contributed by atoms with Gasteiger partial charge in [-0.05, 0) is 26.8 Å². The molecular weight excluding hydrogens is 288 g/mol. The number of amides is 1. The molecule has 1 fully saturated rings. The van der Waals surface area contributed by atoms with Crippen molar-refractivity contribution in [2.75, 3.05) is 25.0 Å². The van der Waals surface area contributed by atoms with Crippen LogP contribution in [0.4, 0.5) is 5.13 Å². The Morgan fingerprint density at radius 3 is 2.71 bits per heavy atom. The molecule has 1 saturated heterocycles. The molecular formula is C13H18N6OS. The van der Waals surface area contributed by atoms with Crippen LogP contribution in [0.5, 0.6) is 0 Å². The number of hydrogen-bond donors (Lipinski definition) is 1. The maximum Gasteiger partial charge on any atom is 0.240 e. The van der Waals surface area contributed by atoms with E-state index in [9.17, 15) is 4.79 Å². The Labute approximate surface area is 127 Å². The first-order valence-electron chi connectivity index (χ1n) is 6.86. The normalized spacial score (nSPS) is 16.0. The van der Waals surface area contributed by atoms with Crippen LogP contribution >= 0.6 is 11.3 Å². The van der Waals surface area contributed by atoms with Gasteiger partial charge in [0.2, 0.25) is 11.0 Å². The van der Waals surface area contributed by atoms with Gasteiger partial charge in [-0.15, -0.1) is 10.2 Å². The number of carbonyl (C=O) groups excluding carboxylic acids is 1. The molecule has 0 unspecified atom stereocenters. The fourth-order valence-electron chi connectivity index (χ4n) is 2.55. The van der Waals surface area contributed by atoms with Crippen LogP contribution < -0.4 is 5.32 Å². The van der Waals surface area contributed by atoms with Crippen molar-refractivity contribution in [3.63, 3.8) is 0 Å². The Hall–Kier alpha value is -1.80. The van der Waals surface area contributed by atoms with E-state index >= 15 is 0 Å². The summed E-state index contributed by atoms with van der Waals surface area (Å²) in [4.78, 5) is 14.0. The molecule has 0 atom stereocenters. The van der Waals surface area contributed by atoms with E-state index in [1.165, 1.54) is 17.0 Å². The third-order valence-corrected chi connectivity index (χ3v) is 4.22. The summed E-state index contributed by atoms with van der Waals surface area (Å²) in [5.41, 5.74) is 2.21. The third kappa shape index (κ3) is 3.11. The fraction of sp³-hybridized carbons (Fsp3) is 0.538. The van der Waals surface area contributed by atoms with Crippen molar-refractivity contribution in [1.29, 1.82) is 0 Å². The summed E-state index contributed by atoms with van der Waals surface area (Å²) in [5.74, 6) is -0.0435. The molecule has 8 heteroatoms. The van der Waals surface area contributed by atoms with Gasteiger partial charge in [0.25, 0.3) is 0 Å². The van der Waals surface area contributed by atoms with Gasteiger partial charge in [-0.2, -0.15) is 5.10 Å². The second kappa shape index (κ2) is 5.53. The number of hydrogen-bond acceptors (Lipinski definition) is 6. The summed E-state index contributed by atoms with van der Waals surface area (Å²) in [5, 5.41) is 16.4. The van der Waals surface area contributed by atoms with E-state index in [1.807, 2.05) is 13.8 Å². The highest BCUT2D eigenvalue weighted by molar-refractivity contribution is 7.15. The number of likely N-dealkylation sites (tertiary alicyclic amines) is 1. The van der Waals surface area contributed by atoms with Gasteiger partial charge >= 0.3 is 0 Å². The molecule has 1 aliphatic rings. The van der Waals surface area contributed by atoms with Gasteiger partial charge < -0.3 is 0 Å². The molecule has 3 heterocycles. The topological polar surface area (TPSA) is 75.9 Å². The zero-order chi connectivity index (χ0) is 15.0. The van der Waals surface area contributed by atoms with Crippen molar-refractivity contribution in [3.8, 4) is 0 Å². The predicted octanol–water partition coefficient (Wildman–Crippen LogP) is 1.16. The zero-order valence-electron chi connectivity index (χ0n) is 12.3. The van der Waals surface area contributed by atoms with Gasteiger partial charge in [0.1, 0.15) is 5.01 Å². The van der Waals surface area contributed by atoms with Crippen LogP contribution in [0.15, 0.2) is 6.07 Å². The highest BCUT2D eigenvalue weighted by atomic mass is 32.1. The van der Waals surface area contributed by atoms with Crippen LogP contribution in [0.1, 0.15) is 22.4 Å². The molecule has 1 N–H and O–H groups in total. The van der Waals surface area contributed by atoms with Crippen molar-refractivity contribution < 1.29 is 4.79 Å². The molecule has 2 aromatic heterocycles. The summed E-state index contributed by atoms with van der Waals surface area (Å²) >= 11 is 1.38. The molecule has 1 aliphatic heterocycles. The van der Waals surface area contributed by atoms with Crippen LogP contribution in [0.3, 0.4) is 0 Å².